The Kier molecular flexibility index (Phi) is 12.8. The first-order valence-corrected chi connectivity index (χ1v) is 9.61. The number of alkyl carbamates (subject to hydrolysis) is 1. The number of nitrogens with zero attached hydrogens (tertiary/aromatic N) is 1. The fourth-order valence-electron chi connectivity index (χ4n) is 3.72. The molecular formula is C19H32F4N2O5. The van der Waals surface area contributed by atoms with Gasteiger partial charge in [-0.05, 0) is 36.5 Å². The van der Waals surface area contributed by atoms with Crippen molar-refractivity contribution in [2.24, 2.45) is 15.8 Å². The molecule has 1 N–H and O–H groups in total. The maximum absolute atomic E-state index is 12.2. The molecule has 11 heteroatoms. The molecule has 1 fully saturated rings. The van der Waals surface area contributed by atoms with E-state index in [1.807, 2.05) is 6.92 Å². The van der Waals surface area contributed by atoms with Crippen molar-refractivity contribution in [1.82, 2.24) is 5.32 Å². The van der Waals surface area contributed by atoms with Crippen LogP contribution in [0.15, 0.2) is 4.99 Å². The highest BCUT2D eigenvalue weighted by atomic mass is 19.3. The van der Waals surface area contributed by atoms with Crippen molar-refractivity contribution in [1.29, 1.82) is 0 Å². The zero-order chi connectivity index (χ0) is 23.3. The maximum Gasteiger partial charge on any atom is 0.409 e. The Morgan fingerprint density at radius 1 is 1.23 bits per heavy atom. The summed E-state index contributed by atoms with van der Waals surface area (Å²) in [5, 5.41) is 2.55. The van der Waals surface area contributed by atoms with E-state index in [2.05, 4.69) is 38.4 Å². The fourth-order valence-corrected chi connectivity index (χ4v) is 3.72. The van der Waals surface area contributed by atoms with E-state index in [0.29, 0.717) is 19.4 Å². The molecular weight excluding hydrogens is 412 g/mol. The number of aliphatic imine (C=N–C) groups is 1. The summed E-state index contributed by atoms with van der Waals surface area (Å²) in [6.45, 7) is 5.12. The van der Waals surface area contributed by atoms with Crippen LogP contribution in [-0.4, -0.2) is 57.8 Å². The molecule has 0 saturated heterocycles. The molecule has 0 aliphatic heterocycles. The van der Waals surface area contributed by atoms with Crippen molar-refractivity contribution < 1.29 is 41.4 Å². The Bertz CT molecular complexity index is 559. The van der Waals surface area contributed by atoms with Crippen LogP contribution in [0.5, 0.6) is 0 Å². The lowest BCUT2D eigenvalue weighted by Crippen LogP contribution is -2.44. The molecule has 176 valence electrons. The Morgan fingerprint density at radius 2 is 1.90 bits per heavy atom. The summed E-state index contributed by atoms with van der Waals surface area (Å²) in [4.78, 5) is 25.4. The van der Waals surface area contributed by atoms with E-state index in [9.17, 15) is 27.2 Å². The van der Waals surface area contributed by atoms with Gasteiger partial charge in [0.2, 0.25) is 12.9 Å². The molecule has 0 spiro atoms. The second-order valence-electron chi connectivity index (χ2n) is 8.27. The highest BCUT2D eigenvalue weighted by Crippen LogP contribution is 2.46. The van der Waals surface area contributed by atoms with E-state index < -0.39 is 32.5 Å². The third-order valence-corrected chi connectivity index (χ3v) is 4.39. The van der Waals surface area contributed by atoms with Crippen LogP contribution in [-0.2, 0) is 19.0 Å². The molecule has 1 amide bonds. The Hall–Kier alpha value is -1.71. The van der Waals surface area contributed by atoms with Gasteiger partial charge in [-0.25, -0.2) is 23.4 Å². The van der Waals surface area contributed by atoms with Gasteiger partial charge in [0, 0.05) is 13.2 Å². The zero-order valence-electron chi connectivity index (χ0n) is 17.9. The van der Waals surface area contributed by atoms with Gasteiger partial charge in [-0.1, -0.05) is 27.7 Å². The first-order chi connectivity index (χ1) is 13.9. The van der Waals surface area contributed by atoms with E-state index in [1.54, 1.807) is 13.0 Å². The van der Waals surface area contributed by atoms with Crippen LogP contribution in [0.4, 0.5) is 22.4 Å². The van der Waals surface area contributed by atoms with Gasteiger partial charge in [-0.15, -0.1) is 0 Å². The second kappa shape index (κ2) is 13.6. The molecule has 1 rings (SSSR count). The minimum atomic E-state index is -3.50. The molecule has 2 unspecified atom stereocenters. The zero-order valence-corrected chi connectivity index (χ0v) is 17.9. The number of hydrogen-bond acceptors (Lipinski definition) is 6. The lowest BCUT2D eigenvalue weighted by atomic mass is 9.63. The van der Waals surface area contributed by atoms with E-state index in [-0.39, 0.29) is 23.5 Å². The lowest BCUT2D eigenvalue weighted by molar-refractivity contribution is -0.278. The van der Waals surface area contributed by atoms with Crippen molar-refractivity contribution in [3.05, 3.63) is 0 Å². The Labute approximate surface area is 174 Å². The minimum Gasteiger partial charge on any atom is -0.418 e. The first kappa shape index (κ1) is 28.3. The van der Waals surface area contributed by atoms with Gasteiger partial charge in [0.05, 0.1) is 6.04 Å². The van der Waals surface area contributed by atoms with Crippen LogP contribution >= 0.6 is 0 Å². The second-order valence-corrected chi connectivity index (χ2v) is 8.27. The molecule has 1 aliphatic rings. The van der Waals surface area contributed by atoms with Gasteiger partial charge in [0.25, 0.3) is 0 Å². The highest BCUT2D eigenvalue weighted by Gasteiger charge is 2.41. The summed E-state index contributed by atoms with van der Waals surface area (Å²) in [7, 11) is 0. The van der Waals surface area contributed by atoms with Crippen LogP contribution in [0.3, 0.4) is 0 Å². The fraction of sp³-hybridized carbons (Fsp3) is 0.895. The number of amides is 1. The van der Waals surface area contributed by atoms with E-state index in [4.69, 9.17) is 0 Å². The standard InChI is InChI=1S/C13H21FN2O3.C6H11F3O2/c1-12(2)4-10(16-9-17)5-13(3,6-12)7-15-11(18)19-8-14;1-2-3-10-4-6(8,9)11-5-7/h10H,4-8H2,1-3H3,(H,15,18);2-5H2,1H3. The predicted molar refractivity (Wildman–Crippen MR) is 101 cm³/mol. The summed E-state index contributed by atoms with van der Waals surface area (Å²) >= 11 is 0. The number of halogens is 4. The van der Waals surface area contributed by atoms with Crippen LogP contribution in [0.2, 0.25) is 0 Å². The SMILES string of the molecule is CC1(C)CC(N=C=O)CC(C)(CNC(=O)OCF)C1.CCCOCC(F)(F)OCF. The molecule has 30 heavy (non-hydrogen) atoms. The third kappa shape index (κ3) is 12.8. The van der Waals surface area contributed by atoms with Crippen molar-refractivity contribution in [3.63, 3.8) is 0 Å². The van der Waals surface area contributed by atoms with Crippen molar-refractivity contribution >= 4 is 12.2 Å². The lowest BCUT2D eigenvalue weighted by Gasteiger charge is -2.45. The largest absolute Gasteiger partial charge is 0.418 e. The van der Waals surface area contributed by atoms with Gasteiger partial charge >= 0.3 is 12.2 Å². The molecule has 2 atom stereocenters. The van der Waals surface area contributed by atoms with Crippen molar-refractivity contribution in [3.8, 4) is 0 Å². The first-order valence-electron chi connectivity index (χ1n) is 9.61. The molecule has 0 radical (unpaired) electrons. The minimum absolute atomic E-state index is 0.0314. The smallest absolute Gasteiger partial charge is 0.409 e. The Morgan fingerprint density at radius 3 is 2.43 bits per heavy atom. The number of ether oxygens (including phenoxy) is 3. The Balaban J connectivity index is 0.000000654. The average Bonchev–Trinajstić information content (AvgIpc) is 2.60. The number of carbonyl (C=O) groups is 1. The van der Waals surface area contributed by atoms with Crippen LogP contribution < -0.4 is 5.32 Å². The molecule has 1 saturated carbocycles. The number of rotatable bonds is 10. The maximum atomic E-state index is 12.2. The predicted octanol–water partition coefficient (Wildman–Crippen LogP) is 4.51. The topological polar surface area (TPSA) is 86.2 Å². The van der Waals surface area contributed by atoms with Crippen molar-refractivity contribution in [2.45, 2.75) is 65.5 Å². The summed E-state index contributed by atoms with van der Waals surface area (Å²) in [6.07, 6.45) is 0.410. The normalized spacial score (nSPS) is 22.9. The quantitative estimate of drug-likeness (QED) is 0.232. The number of hydrogen-bond donors (Lipinski definition) is 1. The molecule has 1 aliphatic carbocycles. The summed E-state index contributed by atoms with van der Waals surface area (Å²) < 4.78 is 59.5. The van der Waals surface area contributed by atoms with Crippen LogP contribution in [0.25, 0.3) is 0 Å². The van der Waals surface area contributed by atoms with Gasteiger partial charge in [-0.3, -0.25) is 4.74 Å². The molecule has 0 aromatic carbocycles. The molecule has 0 aromatic heterocycles. The van der Waals surface area contributed by atoms with E-state index in [0.717, 1.165) is 12.8 Å². The monoisotopic (exact) mass is 444 g/mol. The summed E-state index contributed by atoms with van der Waals surface area (Å²) in [5.74, 6) is 0. The van der Waals surface area contributed by atoms with Gasteiger partial charge < -0.3 is 14.8 Å². The number of nitrogens with one attached hydrogen (secondary N) is 1. The van der Waals surface area contributed by atoms with E-state index >= 15 is 0 Å². The molecule has 0 aromatic rings. The van der Waals surface area contributed by atoms with E-state index in [1.165, 1.54) is 0 Å². The average molecular weight is 444 g/mol. The molecule has 7 nitrogen and oxygen atoms in total. The molecule has 0 heterocycles. The number of carbonyl (C=O) groups excluding carboxylic acids is 2. The summed E-state index contributed by atoms with van der Waals surface area (Å²) in [6, 6.07) is -0.0785. The summed E-state index contributed by atoms with van der Waals surface area (Å²) in [5.41, 5.74) is -0.161. The van der Waals surface area contributed by atoms with Gasteiger partial charge in [-0.2, -0.15) is 8.78 Å². The van der Waals surface area contributed by atoms with Gasteiger partial charge in [0.15, 0.2) is 6.86 Å². The van der Waals surface area contributed by atoms with Crippen molar-refractivity contribution in [2.75, 3.05) is 33.5 Å². The highest BCUT2D eigenvalue weighted by molar-refractivity contribution is 5.67. The third-order valence-electron chi connectivity index (χ3n) is 4.39. The van der Waals surface area contributed by atoms with Crippen LogP contribution in [0.1, 0.15) is 53.4 Å². The van der Waals surface area contributed by atoms with Crippen LogP contribution in [0, 0.1) is 10.8 Å². The number of alkyl halides is 4. The molecule has 0 bridgehead atoms. The number of isocyanates is 1. The van der Waals surface area contributed by atoms with Gasteiger partial charge in [0.1, 0.15) is 6.61 Å².